The van der Waals surface area contributed by atoms with Crippen LogP contribution in [-0.4, -0.2) is 86.6 Å². The number of ether oxygens (including phenoxy) is 1. The van der Waals surface area contributed by atoms with Crippen LogP contribution in [0.1, 0.15) is 25.3 Å². The number of nitrogens with zero attached hydrogens (tertiary/aromatic N) is 3. The van der Waals surface area contributed by atoms with Gasteiger partial charge in [0.1, 0.15) is 5.75 Å². The first-order valence-corrected chi connectivity index (χ1v) is 10.7. The summed E-state index contributed by atoms with van der Waals surface area (Å²) in [6.07, 6.45) is 2.22. The Morgan fingerprint density at radius 1 is 1.11 bits per heavy atom. The lowest BCUT2D eigenvalue weighted by atomic mass is 10.1. The van der Waals surface area contributed by atoms with Crippen molar-refractivity contribution in [2.75, 3.05) is 66.0 Å². The number of rotatable bonds is 9. The van der Waals surface area contributed by atoms with Gasteiger partial charge in [0.2, 0.25) is 0 Å². The Hall–Kier alpha value is -1.63. The molecule has 2 heterocycles. The molecule has 1 aromatic rings. The Morgan fingerprint density at radius 3 is 2.57 bits per heavy atom. The summed E-state index contributed by atoms with van der Waals surface area (Å²) < 4.78 is 5.86. The molecule has 6 nitrogen and oxygen atoms in total. The highest BCUT2D eigenvalue weighted by molar-refractivity contribution is 5.78. The number of hydrogen-bond acceptors (Lipinski definition) is 5. The summed E-state index contributed by atoms with van der Waals surface area (Å²) in [5, 5.41) is 3.57. The van der Waals surface area contributed by atoms with Crippen LogP contribution in [0.25, 0.3) is 0 Å². The minimum Gasteiger partial charge on any atom is -0.483 e. The molecule has 6 heteroatoms. The van der Waals surface area contributed by atoms with Crippen molar-refractivity contribution < 1.29 is 9.53 Å². The van der Waals surface area contributed by atoms with E-state index in [0.29, 0.717) is 5.92 Å². The molecule has 0 aromatic heterocycles. The van der Waals surface area contributed by atoms with E-state index in [0.717, 1.165) is 56.9 Å². The summed E-state index contributed by atoms with van der Waals surface area (Å²) in [5.41, 5.74) is 1.11. The maximum atomic E-state index is 12.2. The van der Waals surface area contributed by atoms with Crippen LogP contribution in [0.2, 0.25) is 0 Å². The number of likely N-dealkylation sites (tertiary alicyclic amines) is 1. The standard InChI is InChI=1S/C22H36N4O2/c1-19(17-25-13-11-24(2)12-14-25)15-23-16-20-7-3-4-8-21(20)28-18-22(27)26-9-5-6-10-26/h3-4,7-8,19,23H,5-6,9-18H2,1-2H3. The van der Waals surface area contributed by atoms with E-state index in [4.69, 9.17) is 4.74 Å². The first-order valence-electron chi connectivity index (χ1n) is 10.7. The van der Waals surface area contributed by atoms with Crippen molar-refractivity contribution in [3.63, 3.8) is 0 Å². The van der Waals surface area contributed by atoms with E-state index < -0.39 is 0 Å². The molecule has 156 valence electrons. The number of para-hydroxylation sites is 1. The maximum absolute atomic E-state index is 12.2. The lowest BCUT2D eigenvalue weighted by molar-refractivity contribution is -0.132. The molecule has 1 amide bonds. The summed E-state index contributed by atoms with van der Waals surface area (Å²) in [7, 11) is 2.19. The van der Waals surface area contributed by atoms with Gasteiger partial charge in [0.05, 0.1) is 0 Å². The zero-order chi connectivity index (χ0) is 19.8. The predicted octanol–water partition coefficient (Wildman–Crippen LogP) is 1.66. The molecule has 2 saturated heterocycles. The van der Waals surface area contributed by atoms with E-state index in [1.54, 1.807) is 0 Å². The topological polar surface area (TPSA) is 48.1 Å². The number of hydrogen-bond donors (Lipinski definition) is 1. The highest BCUT2D eigenvalue weighted by atomic mass is 16.5. The van der Waals surface area contributed by atoms with Gasteiger partial charge in [-0.05, 0) is 38.4 Å². The fourth-order valence-electron chi connectivity index (χ4n) is 3.98. The summed E-state index contributed by atoms with van der Waals surface area (Å²) in [5.74, 6) is 1.52. The molecule has 3 rings (SSSR count). The molecule has 0 radical (unpaired) electrons. The minimum absolute atomic E-state index is 0.0982. The Balaban J connectivity index is 1.39. The lowest BCUT2D eigenvalue weighted by Crippen LogP contribution is -2.46. The minimum atomic E-state index is 0.0982. The van der Waals surface area contributed by atoms with Crippen LogP contribution >= 0.6 is 0 Å². The molecule has 1 N–H and O–H groups in total. The monoisotopic (exact) mass is 388 g/mol. The Morgan fingerprint density at radius 2 is 1.82 bits per heavy atom. The maximum Gasteiger partial charge on any atom is 0.260 e. The fourth-order valence-corrected chi connectivity index (χ4v) is 3.98. The Bertz CT molecular complexity index is 610. The van der Waals surface area contributed by atoms with E-state index in [1.165, 1.54) is 26.2 Å². The van der Waals surface area contributed by atoms with E-state index in [1.807, 2.05) is 23.1 Å². The molecule has 1 unspecified atom stereocenters. The number of piperazine rings is 1. The third kappa shape index (κ3) is 6.47. The van der Waals surface area contributed by atoms with Crippen molar-refractivity contribution in [3.05, 3.63) is 29.8 Å². The second-order valence-electron chi connectivity index (χ2n) is 8.32. The Kier molecular flexibility index (Phi) is 8.13. The summed E-state index contributed by atoms with van der Waals surface area (Å²) in [6, 6.07) is 8.03. The lowest BCUT2D eigenvalue weighted by Gasteiger charge is -2.34. The number of likely N-dealkylation sites (N-methyl/N-ethyl adjacent to an activating group) is 1. The SMILES string of the molecule is CC(CNCc1ccccc1OCC(=O)N1CCCC1)CN1CCN(C)CC1. The molecule has 0 saturated carbocycles. The van der Waals surface area contributed by atoms with E-state index in [2.05, 4.69) is 35.2 Å². The number of benzene rings is 1. The zero-order valence-electron chi connectivity index (χ0n) is 17.5. The quantitative estimate of drug-likeness (QED) is 0.697. The molecule has 1 atom stereocenters. The van der Waals surface area contributed by atoms with Gasteiger partial charge in [-0.1, -0.05) is 25.1 Å². The number of amides is 1. The molecular formula is C22H36N4O2. The highest BCUT2D eigenvalue weighted by Gasteiger charge is 2.19. The van der Waals surface area contributed by atoms with Gasteiger partial charge in [-0.2, -0.15) is 0 Å². The largest absolute Gasteiger partial charge is 0.483 e. The van der Waals surface area contributed by atoms with Crippen molar-refractivity contribution in [1.29, 1.82) is 0 Å². The third-order valence-electron chi connectivity index (χ3n) is 5.76. The molecule has 0 spiro atoms. The van der Waals surface area contributed by atoms with Crippen molar-refractivity contribution in [2.45, 2.75) is 26.3 Å². The molecule has 2 fully saturated rings. The van der Waals surface area contributed by atoms with Crippen LogP contribution in [-0.2, 0) is 11.3 Å². The van der Waals surface area contributed by atoms with Gasteiger partial charge in [0.15, 0.2) is 6.61 Å². The van der Waals surface area contributed by atoms with E-state index in [-0.39, 0.29) is 12.5 Å². The second kappa shape index (κ2) is 10.8. The number of carbonyl (C=O) groups is 1. The zero-order valence-corrected chi connectivity index (χ0v) is 17.5. The van der Waals surface area contributed by atoms with Crippen LogP contribution in [0, 0.1) is 5.92 Å². The summed E-state index contributed by atoms with van der Waals surface area (Å²) >= 11 is 0. The van der Waals surface area contributed by atoms with Crippen molar-refractivity contribution in [1.82, 2.24) is 20.0 Å². The summed E-state index contributed by atoms with van der Waals surface area (Å²) in [4.78, 5) is 19.1. The van der Waals surface area contributed by atoms with E-state index in [9.17, 15) is 4.79 Å². The normalized spacial score (nSPS) is 19.7. The highest BCUT2D eigenvalue weighted by Crippen LogP contribution is 2.18. The molecular weight excluding hydrogens is 352 g/mol. The van der Waals surface area contributed by atoms with Crippen LogP contribution in [0.5, 0.6) is 5.75 Å². The van der Waals surface area contributed by atoms with Crippen molar-refractivity contribution in [3.8, 4) is 5.75 Å². The van der Waals surface area contributed by atoms with Gasteiger partial charge < -0.3 is 24.8 Å². The molecule has 28 heavy (non-hydrogen) atoms. The van der Waals surface area contributed by atoms with Crippen LogP contribution in [0.4, 0.5) is 0 Å². The fraction of sp³-hybridized carbons (Fsp3) is 0.682. The predicted molar refractivity (Wildman–Crippen MR) is 113 cm³/mol. The number of nitrogens with one attached hydrogen (secondary N) is 1. The van der Waals surface area contributed by atoms with Gasteiger partial charge in [-0.25, -0.2) is 0 Å². The van der Waals surface area contributed by atoms with Crippen LogP contribution in [0.15, 0.2) is 24.3 Å². The van der Waals surface area contributed by atoms with Gasteiger partial charge >= 0.3 is 0 Å². The van der Waals surface area contributed by atoms with Crippen molar-refractivity contribution in [2.24, 2.45) is 5.92 Å². The summed E-state index contributed by atoms with van der Waals surface area (Å²) in [6.45, 7) is 11.7. The molecule has 0 bridgehead atoms. The van der Waals surface area contributed by atoms with Gasteiger partial charge in [-0.3, -0.25) is 4.79 Å². The van der Waals surface area contributed by atoms with Gasteiger partial charge in [-0.15, -0.1) is 0 Å². The molecule has 1 aromatic carbocycles. The smallest absolute Gasteiger partial charge is 0.260 e. The Labute approximate surface area is 169 Å². The number of carbonyl (C=O) groups excluding carboxylic acids is 1. The van der Waals surface area contributed by atoms with Crippen molar-refractivity contribution >= 4 is 5.91 Å². The molecule has 0 aliphatic carbocycles. The van der Waals surface area contributed by atoms with Crippen LogP contribution < -0.4 is 10.1 Å². The third-order valence-corrected chi connectivity index (χ3v) is 5.76. The first kappa shape index (κ1) is 21.1. The molecule has 2 aliphatic heterocycles. The van der Waals surface area contributed by atoms with Crippen LogP contribution in [0.3, 0.4) is 0 Å². The second-order valence-corrected chi connectivity index (χ2v) is 8.32. The van der Waals surface area contributed by atoms with Gasteiger partial charge in [0, 0.05) is 57.9 Å². The van der Waals surface area contributed by atoms with E-state index >= 15 is 0 Å². The first-order chi connectivity index (χ1) is 13.6. The molecule has 2 aliphatic rings. The average molecular weight is 389 g/mol. The van der Waals surface area contributed by atoms with Gasteiger partial charge in [0.25, 0.3) is 5.91 Å². The average Bonchev–Trinajstić information content (AvgIpc) is 3.24.